The summed E-state index contributed by atoms with van der Waals surface area (Å²) < 4.78 is 8.55. The van der Waals surface area contributed by atoms with E-state index in [1.165, 1.54) is 0 Å². The second-order valence-electron chi connectivity index (χ2n) is 0.763. The molecule has 9 heavy (non-hydrogen) atoms. The van der Waals surface area contributed by atoms with E-state index in [1.54, 1.807) is 6.92 Å². The van der Waals surface area contributed by atoms with Gasteiger partial charge in [-0.2, -0.15) is 7.82 Å². The molecule has 0 aliphatic rings. The summed E-state index contributed by atoms with van der Waals surface area (Å²) in [6.07, 6.45) is 0. The average molecular weight is 232 g/mol. The molecule has 0 heterocycles. The third kappa shape index (κ3) is 476. The summed E-state index contributed by atoms with van der Waals surface area (Å²) in [5.74, 6) is 0. The maximum absolute atomic E-state index is 8.55. The summed E-state index contributed by atoms with van der Waals surface area (Å²) in [6.45, 7) is 1.93. The van der Waals surface area contributed by atoms with E-state index in [9.17, 15) is 0 Å². The smallest absolute Gasteiger partial charge is 0.822 e. The van der Waals surface area contributed by atoms with Gasteiger partial charge in [0.15, 0.2) is 0 Å². The molecule has 0 fully saturated rings. The largest absolute Gasteiger partial charge is 3.00 e. The molecular formula is C2H6O5PZr. The van der Waals surface area contributed by atoms with E-state index in [0.717, 1.165) is 0 Å². The van der Waals surface area contributed by atoms with Crippen LogP contribution in [-0.2, 0) is 30.8 Å². The molecule has 0 bridgehead atoms. The van der Waals surface area contributed by atoms with Crippen LogP contribution in [0.1, 0.15) is 6.92 Å². The Balaban J connectivity index is -0.0000000800. The zero-order valence-electron chi connectivity index (χ0n) is 4.73. The van der Waals surface area contributed by atoms with Crippen LogP contribution in [0.15, 0.2) is 0 Å². The van der Waals surface area contributed by atoms with Crippen molar-refractivity contribution in [3.8, 4) is 0 Å². The van der Waals surface area contributed by atoms with E-state index >= 15 is 0 Å². The van der Waals surface area contributed by atoms with Gasteiger partial charge in [-0.3, -0.25) is 0 Å². The Morgan fingerprint density at radius 2 is 1.44 bits per heavy atom. The second-order valence-corrected chi connectivity index (χ2v) is 1.66. The van der Waals surface area contributed by atoms with E-state index < -0.39 is 7.82 Å². The third-order valence-electron chi connectivity index (χ3n) is 0. The van der Waals surface area contributed by atoms with Crippen LogP contribution in [0.5, 0.6) is 0 Å². The van der Waals surface area contributed by atoms with Gasteiger partial charge in [0.1, 0.15) is 0 Å². The fourth-order valence-corrected chi connectivity index (χ4v) is 0. The second kappa shape index (κ2) is 8.95. The van der Waals surface area contributed by atoms with Gasteiger partial charge in [-0.05, 0) is 6.92 Å². The monoisotopic (exact) mass is 231 g/mol. The standard InChI is InChI=1S/C2H6O.H3O4P.Zr/c1-2-3;1-5(2,3)4;/h3H,2H2,1H3;(H3,1,2,3,4);/q;;+3/p-3. The Labute approximate surface area is 72.1 Å². The molecule has 5 nitrogen and oxygen atoms in total. The molecule has 0 saturated carbocycles. The Bertz CT molecular complexity index is 70.8. The number of rotatable bonds is 0. The Kier molecular flexibility index (Phi) is 16.4. The van der Waals surface area contributed by atoms with Crippen molar-refractivity contribution in [1.82, 2.24) is 0 Å². The van der Waals surface area contributed by atoms with Gasteiger partial charge in [0, 0.05) is 6.61 Å². The number of aliphatic hydroxyl groups is 1. The zero-order valence-corrected chi connectivity index (χ0v) is 8.09. The molecular weight excluding hydrogens is 226 g/mol. The minimum atomic E-state index is -5.39. The number of phosphoric acid groups is 1. The van der Waals surface area contributed by atoms with Crippen LogP contribution in [0.4, 0.5) is 0 Å². The Hall–Kier alpha value is 0.953. The van der Waals surface area contributed by atoms with E-state index in [2.05, 4.69) is 0 Å². The van der Waals surface area contributed by atoms with Crippen LogP contribution in [-0.4, -0.2) is 11.7 Å². The van der Waals surface area contributed by atoms with Crippen LogP contribution in [0.2, 0.25) is 0 Å². The van der Waals surface area contributed by atoms with Gasteiger partial charge < -0.3 is 24.4 Å². The predicted molar refractivity (Wildman–Crippen MR) is 20.4 cm³/mol. The SMILES string of the molecule is CCO.O=P([O-])([O-])[O-].[Zr+3]. The molecule has 0 atom stereocenters. The van der Waals surface area contributed by atoms with Gasteiger partial charge in [-0.1, -0.05) is 0 Å². The van der Waals surface area contributed by atoms with Crippen LogP contribution in [0.3, 0.4) is 0 Å². The van der Waals surface area contributed by atoms with Crippen molar-refractivity contribution in [2.75, 3.05) is 6.61 Å². The summed E-state index contributed by atoms with van der Waals surface area (Å²) in [4.78, 5) is 25.6. The molecule has 0 aliphatic carbocycles. The van der Waals surface area contributed by atoms with Gasteiger partial charge >= 0.3 is 26.2 Å². The zero-order chi connectivity index (χ0) is 7.21. The van der Waals surface area contributed by atoms with E-state index in [1.807, 2.05) is 0 Å². The minimum absolute atomic E-state index is 0. The van der Waals surface area contributed by atoms with Crippen molar-refractivity contribution in [2.45, 2.75) is 6.92 Å². The molecule has 0 spiro atoms. The normalized spacial score (nSPS) is 8.56. The van der Waals surface area contributed by atoms with Gasteiger partial charge in [0.25, 0.3) is 0 Å². The molecule has 0 saturated heterocycles. The first-order valence-electron chi connectivity index (χ1n) is 1.75. The van der Waals surface area contributed by atoms with Crippen LogP contribution in [0, 0.1) is 0 Å². The molecule has 0 aromatic rings. The number of aliphatic hydroxyl groups excluding tert-OH is 1. The van der Waals surface area contributed by atoms with Gasteiger partial charge in [0.05, 0.1) is 0 Å². The summed E-state index contributed by atoms with van der Waals surface area (Å²) in [6, 6.07) is 0. The van der Waals surface area contributed by atoms with Crippen molar-refractivity contribution >= 4 is 7.82 Å². The molecule has 53 valence electrons. The molecule has 0 aliphatic heterocycles. The van der Waals surface area contributed by atoms with Gasteiger partial charge in [-0.15, -0.1) is 0 Å². The van der Waals surface area contributed by atoms with Crippen molar-refractivity contribution in [3.05, 3.63) is 0 Å². The third-order valence-corrected chi connectivity index (χ3v) is 0. The molecule has 0 aromatic carbocycles. The van der Waals surface area contributed by atoms with E-state index in [0.29, 0.717) is 0 Å². The molecule has 0 rings (SSSR count). The van der Waals surface area contributed by atoms with Crippen LogP contribution < -0.4 is 14.7 Å². The first-order valence-corrected chi connectivity index (χ1v) is 3.21. The van der Waals surface area contributed by atoms with Crippen LogP contribution >= 0.6 is 7.82 Å². The van der Waals surface area contributed by atoms with Crippen molar-refractivity contribution < 1.29 is 50.6 Å². The van der Waals surface area contributed by atoms with Crippen LogP contribution in [0.25, 0.3) is 0 Å². The topological polar surface area (TPSA) is 106 Å². The maximum atomic E-state index is 8.55. The molecule has 0 unspecified atom stereocenters. The molecule has 1 N–H and O–H groups in total. The summed E-state index contributed by atoms with van der Waals surface area (Å²) in [5.41, 5.74) is 0. The minimum Gasteiger partial charge on any atom is -0.822 e. The first-order chi connectivity index (χ1) is 3.41. The average Bonchev–Trinajstić information content (AvgIpc) is 1.27. The maximum Gasteiger partial charge on any atom is 3.00 e. The van der Waals surface area contributed by atoms with Crippen molar-refractivity contribution in [3.63, 3.8) is 0 Å². The summed E-state index contributed by atoms with van der Waals surface area (Å²) in [7, 11) is -5.39. The summed E-state index contributed by atoms with van der Waals surface area (Å²) >= 11 is 0. The van der Waals surface area contributed by atoms with Gasteiger partial charge in [-0.25, -0.2) is 0 Å². The number of hydrogen-bond acceptors (Lipinski definition) is 5. The molecule has 0 aromatic heterocycles. The fourth-order valence-electron chi connectivity index (χ4n) is 0. The molecule has 7 heteroatoms. The fraction of sp³-hybridized carbons (Fsp3) is 1.00. The number of hydrogen-bond donors (Lipinski definition) is 1. The Morgan fingerprint density at radius 3 is 1.44 bits per heavy atom. The van der Waals surface area contributed by atoms with Gasteiger partial charge in [0.2, 0.25) is 0 Å². The predicted octanol–water partition coefficient (Wildman–Crippen LogP) is -2.83. The molecule has 0 amide bonds. The van der Waals surface area contributed by atoms with E-state index in [-0.39, 0.29) is 32.8 Å². The molecule has 1 radical (unpaired) electrons. The Morgan fingerprint density at radius 1 is 1.44 bits per heavy atom. The summed E-state index contributed by atoms with van der Waals surface area (Å²) in [5, 5.41) is 7.57. The van der Waals surface area contributed by atoms with E-state index in [4.69, 9.17) is 24.4 Å². The first kappa shape index (κ1) is 16.5. The quantitative estimate of drug-likeness (QED) is 0.453. The van der Waals surface area contributed by atoms with Crippen molar-refractivity contribution in [2.24, 2.45) is 0 Å². The van der Waals surface area contributed by atoms with Crippen molar-refractivity contribution in [1.29, 1.82) is 0 Å².